The van der Waals surface area contributed by atoms with Gasteiger partial charge >= 0.3 is 0 Å². The highest BCUT2D eigenvalue weighted by molar-refractivity contribution is 7.98. The molecule has 0 aliphatic heterocycles. The van der Waals surface area contributed by atoms with Crippen LogP contribution >= 0.6 is 23.1 Å². The highest BCUT2D eigenvalue weighted by atomic mass is 32.2. The molecule has 0 spiro atoms. The molecule has 1 heterocycles. The van der Waals surface area contributed by atoms with Gasteiger partial charge in [-0.1, -0.05) is 24.3 Å². The van der Waals surface area contributed by atoms with Crippen molar-refractivity contribution in [1.82, 2.24) is 5.32 Å². The minimum atomic E-state index is -3.71. The summed E-state index contributed by atoms with van der Waals surface area (Å²) in [5, 5.41) is 4.92. The first-order chi connectivity index (χ1) is 14.0. The number of benzene rings is 2. The molecule has 0 radical (unpaired) electrons. The van der Waals surface area contributed by atoms with Gasteiger partial charge in [-0.15, -0.1) is 11.3 Å². The summed E-state index contributed by atoms with van der Waals surface area (Å²) < 4.78 is 27.7. The second kappa shape index (κ2) is 9.96. The fourth-order valence-electron chi connectivity index (χ4n) is 2.58. The smallest absolute Gasteiger partial charge is 0.261 e. The molecule has 2 aromatic carbocycles. The second-order valence-corrected chi connectivity index (χ2v) is 10.2. The van der Waals surface area contributed by atoms with Gasteiger partial charge < -0.3 is 5.32 Å². The standard InChI is InChI=1S/C21H22N2O3S3/c1-16-5-2-3-7-20(16)23-29(25,26)19-10-8-17(9-11-19)21(24)22-12-14-27-15-18-6-4-13-28-18/h2-11,13,23H,12,14-15H2,1H3,(H,22,24). The number of aryl methyl sites for hydroxylation is 1. The van der Waals surface area contributed by atoms with E-state index in [1.165, 1.54) is 29.1 Å². The van der Waals surface area contributed by atoms with Gasteiger partial charge in [-0.3, -0.25) is 9.52 Å². The van der Waals surface area contributed by atoms with Crippen molar-refractivity contribution in [3.63, 3.8) is 0 Å². The second-order valence-electron chi connectivity index (χ2n) is 6.33. The molecular formula is C21H22N2O3S3. The average molecular weight is 447 g/mol. The summed E-state index contributed by atoms with van der Waals surface area (Å²) >= 11 is 3.49. The monoisotopic (exact) mass is 446 g/mol. The molecule has 1 aromatic heterocycles. The van der Waals surface area contributed by atoms with Crippen LogP contribution in [0, 0.1) is 6.92 Å². The largest absolute Gasteiger partial charge is 0.351 e. The Balaban J connectivity index is 1.52. The molecule has 2 N–H and O–H groups in total. The van der Waals surface area contributed by atoms with E-state index in [1.54, 1.807) is 35.2 Å². The minimum absolute atomic E-state index is 0.115. The number of thiophene rings is 1. The molecule has 0 saturated carbocycles. The molecule has 5 nitrogen and oxygen atoms in total. The molecule has 8 heteroatoms. The van der Waals surface area contributed by atoms with Gasteiger partial charge in [-0.2, -0.15) is 11.8 Å². The van der Waals surface area contributed by atoms with Gasteiger partial charge in [0.05, 0.1) is 10.6 Å². The number of carbonyl (C=O) groups excluding carboxylic acids is 1. The maximum absolute atomic E-state index is 12.6. The zero-order valence-electron chi connectivity index (χ0n) is 15.9. The molecule has 0 atom stereocenters. The van der Waals surface area contributed by atoms with Crippen LogP contribution in [-0.2, 0) is 15.8 Å². The van der Waals surface area contributed by atoms with E-state index in [-0.39, 0.29) is 10.8 Å². The van der Waals surface area contributed by atoms with Crippen molar-refractivity contribution in [3.05, 3.63) is 82.0 Å². The zero-order valence-corrected chi connectivity index (χ0v) is 18.4. The number of carbonyl (C=O) groups is 1. The first-order valence-electron chi connectivity index (χ1n) is 9.02. The zero-order chi connectivity index (χ0) is 20.7. The van der Waals surface area contributed by atoms with Crippen molar-refractivity contribution in [2.24, 2.45) is 0 Å². The Bertz CT molecular complexity index is 1050. The Morgan fingerprint density at radius 2 is 1.79 bits per heavy atom. The molecule has 0 aliphatic carbocycles. The Labute approximate surface area is 179 Å². The number of thioether (sulfide) groups is 1. The van der Waals surface area contributed by atoms with Gasteiger partial charge in [0.15, 0.2) is 0 Å². The Morgan fingerprint density at radius 1 is 1.03 bits per heavy atom. The first kappa shape index (κ1) is 21.4. The third-order valence-electron chi connectivity index (χ3n) is 4.17. The van der Waals surface area contributed by atoms with E-state index in [0.29, 0.717) is 17.8 Å². The molecule has 3 aromatic rings. The molecule has 3 rings (SSSR count). The van der Waals surface area contributed by atoms with Gasteiger partial charge in [0.2, 0.25) is 0 Å². The van der Waals surface area contributed by atoms with Gasteiger partial charge in [-0.25, -0.2) is 8.42 Å². The quantitative estimate of drug-likeness (QED) is 0.474. The Hall–Kier alpha value is -2.29. The lowest BCUT2D eigenvalue weighted by atomic mass is 10.2. The maximum atomic E-state index is 12.6. The fraction of sp³-hybridized carbons (Fsp3) is 0.190. The van der Waals surface area contributed by atoms with Crippen LogP contribution in [0.3, 0.4) is 0 Å². The number of amides is 1. The molecule has 1 amide bonds. The number of hydrogen-bond acceptors (Lipinski definition) is 5. The SMILES string of the molecule is Cc1ccccc1NS(=O)(=O)c1ccc(C(=O)NCCSCc2cccs2)cc1. The molecule has 0 fully saturated rings. The highest BCUT2D eigenvalue weighted by Crippen LogP contribution is 2.20. The number of rotatable bonds is 9. The van der Waals surface area contributed by atoms with Crippen LogP contribution in [0.4, 0.5) is 5.69 Å². The fourth-order valence-corrected chi connectivity index (χ4v) is 5.41. The van der Waals surface area contributed by atoms with Gasteiger partial charge in [0.25, 0.3) is 15.9 Å². The maximum Gasteiger partial charge on any atom is 0.261 e. The summed E-state index contributed by atoms with van der Waals surface area (Å²) in [5.74, 6) is 1.54. The minimum Gasteiger partial charge on any atom is -0.351 e. The lowest BCUT2D eigenvalue weighted by Gasteiger charge is -2.11. The topological polar surface area (TPSA) is 75.3 Å². The predicted octanol–water partition coefficient (Wildman–Crippen LogP) is 4.52. The van der Waals surface area contributed by atoms with Gasteiger partial charge in [-0.05, 0) is 54.3 Å². The Kier molecular flexibility index (Phi) is 7.35. The molecular weight excluding hydrogens is 424 g/mol. The lowest BCUT2D eigenvalue weighted by Crippen LogP contribution is -2.25. The normalized spacial score (nSPS) is 11.2. The number of sulfonamides is 1. The van der Waals surface area contributed by atoms with Crippen molar-refractivity contribution in [1.29, 1.82) is 0 Å². The number of nitrogens with one attached hydrogen (secondary N) is 2. The molecule has 29 heavy (non-hydrogen) atoms. The van der Waals surface area contributed by atoms with Crippen LogP contribution < -0.4 is 10.0 Å². The Morgan fingerprint density at radius 3 is 2.48 bits per heavy atom. The third kappa shape index (κ3) is 6.09. The summed E-state index contributed by atoms with van der Waals surface area (Å²) in [6.45, 7) is 2.40. The van der Waals surface area contributed by atoms with Crippen LogP contribution in [0.2, 0.25) is 0 Å². The van der Waals surface area contributed by atoms with Gasteiger partial charge in [0, 0.05) is 28.5 Å². The van der Waals surface area contributed by atoms with E-state index < -0.39 is 10.0 Å². The van der Waals surface area contributed by atoms with E-state index in [4.69, 9.17) is 0 Å². The van der Waals surface area contributed by atoms with Crippen LogP contribution in [0.15, 0.2) is 70.9 Å². The van der Waals surface area contributed by atoms with Crippen LogP contribution in [0.5, 0.6) is 0 Å². The van der Waals surface area contributed by atoms with Crippen molar-refractivity contribution < 1.29 is 13.2 Å². The number of para-hydroxylation sites is 1. The highest BCUT2D eigenvalue weighted by Gasteiger charge is 2.16. The molecule has 0 aliphatic rings. The van der Waals surface area contributed by atoms with E-state index >= 15 is 0 Å². The summed E-state index contributed by atoms with van der Waals surface area (Å²) in [6.07, 6.45) is 0. The summed E-state index contributed by atoms with van der Waals surface area (Å²) in [7, 11) is -3.71. The van der Waals surface area contributed by atoms with Crippen molar-refractivity contribution in [2.75, 3.05) is 17.0 Å². The van der Waals surface area contributed by atoms with Crippen LogP contribution in [0.25, 0.3) is 0 Å². The molecule has 0 saturated heterocycles. The van der Waals surface area contributed by atoms with Crippen molar-refractivity contribution in [2.45, 2.75) is 17.6 Å². The predicted molar refractivity (Wildman–Crippen MR) is 121 cm³/mol. The van der Waals surface area contributed by atoms with Crippen LogP contribution in [-0.4, -0.2) is 26.6 Å². The van der Waals surface area contributed by atoms with E-state index in [2.05, 4.69) is 21.5 Å². The van der Waals surface area contributed by atoms with E-state index in [1.807, 2.05) is 25.1 Å². The third-order valence-corrected chi connectivity index (χ3v) is 7.62. The average Bonchev–Trinajstić information content (AvgIpc) is 3.23. The molecule has 0 bridgehead atoms. The summed E-state index contributed by atoms with van der Waals surface area (Å²) in [4.78, 5) is 13.7. The summed E-state index contributed by atoms with van der Waals surface area (Å²) in [5.41, 5.74) is 1.81. The lowest BCUT2D eigenvalue weighted by molar-refractivity contribution is 0.0956. The van der Waals surface area contributed by atoms with Crippen molar-refractivity contribution in [3.8, 4) is 0 Å². The van der Waals surface area contributed by atoms with Crippen LogP contribution in [0.1, 0.15) is 20.8 Å². The van der Waals surface area contributed by atoms with E-state index in [9.17, 15) is 13.2 Å². The molecule has 0 unspecified atom stereocenters. The number of anilines is 1. The molecule has 152 valence electrons. The first-order valence-corrected chi connectivity index (χ1v) is 12.5. The van der Waals surface area contributed by atoms with Crippen molar-refractivity contribution >= 4 is 44.7 Å². The van der Waals surface area contributed by atoms with E-state index in [0.717, 1.165) is 17.1 Å². The van der Waals surface area contributed by atoms with Gasteiger partial charge in [0.1, 0.15) is 0 Å². The number of hydrogen-bond donors (Lipinski definition) is 2. The summed E-state index contributed by atoms with van der Waals surface area (Å²) in [6, 6.07) is 17.2.